The van der Waals surface area contributed by atoms with Gasteiger partial charge in [0, 0.05) is 51.3 Å². The first-order valence-electron chi connectivity index (χ1n) is 10.2. The fourth-order valence-electron chi connectivity index (χ4n) is 4.84. The first-order valence-corrected chi connectivity index (χ1v) is 10.2. The summed E-state index contributed by atoms with van der Waals surface area (Å²) in [6.45, 7) is 2.20. The zero-order valence-electron chi connectivity index (χ0n) is 16.3. The van der Waals surface area contributed by atoms with Gasteiger partial charge in [-0.3, -0.25) is 9.69 Å². The maximum atomic E-state index is 12.9. The first-order chi connectivity index (χ1) is 13.1. The monoisotopic (exact) mass is 364 g/mol. The molecule has 5 nitrogen and oxygen atoms in total. The van der Waals surface area contributed by atoms with Crippen molar-refractivity contribution in [3.63, 3.8) is 0 Å². The minimum absolute atomic E-state index is 0.0208. The van der Waals surface area contributed by atoms with Crippen LogP contribution in [0.15, 0.2) is 30.3 Å². The second kappa shape index (κ2) is 6.48. The number of hydrogen-bond donors (Lipinski definition) is 0. The highest BCUT2D eigenvalue weighted by atomic mass is 16.2. The van der Waals surface area contributed by atoms with Crippen molar-refractivity contribution < 1.29 is 4.79 Å². The second-order valence-electron chi connectivity index (χ2n) is 8.64. The third kappa shape index (κ3) is 2.98. The number of fused-ring (bicyclic) bond motifs is 3. The summed E-state index contributed by atoms with van der Waals surface area (Å²) in [6.07, 6.45) is 6.24. The molecular formula is C22H28N4O. The van der Waals surface area contributed by atoms with E-state index < -0.39 is 0 Å². The minimum Gasteiger partial charge on any atom is -0.343 e. The zero-order chi connectivity index (χ0) is 18.5. The van der Waals surface area contributed by atoms with E-state index in [9.17, 15) is 4.79 Å². The lowest BCUT2D eigenvalue weighted by molar-refractivity contribution is 0.0821. The highest BCUT2D eigenvalue weighted by Crippen LogP contribution is 2.39. The highest BCUT2D eigenvalue weighted by molar-refractivity contribution is 5.94. The van der Waals surface area contributed by atoms with Crippen molar-refractivity contribution in [1.29, 1.82) is 0 Å². The maximum Gasteiger partial charge on any atom is 0.273 e. The maximum absolute atomic E-state index is 12.9. The quantitative estimate of drug-likeness (QED) is 0.837. The molecule has 142 valence electrons. The predicted octanol–water partition coefficient (Wildman–Crippen LogP) is 3.05. The molecule has 2 aromatic rings. The average Bonchev–Trinajstić information content (AvgIpc) is 3.35. The van der Waals surface area contributed by atoms with Gasteiger partial charge in [0.1, 0.15) is 11.5 Å². The van der Waals surface area contributed by atoms with Crippen LogP contribution in [0, 0.1) is 5.92 Å². The zero-order valence-corrected chi connectivity index (χ0v) is 16.3. The Bertz CT molecular complexity index is 853. The molecule has 1 aromatic carbocycles. The fraction of sp³-hybridized carbons (Fsp3) is 0.545. The van der Waals surface area contributed by atoms with Gasteiger partial charge in [-0.25, -0.2) is 4.98 Å². The summed E-state index contributed by atoms with van der Waals surface area (Å²) >= 11 is 0. The largest absolute Gasteiger partial charge is 0.343 e. The summed E-state index contributed by atoms with van der Waals surface area (Å²) < 4.78 is 2.36. The number of aromatic nitrogens is 2. The Hall–Kier alpha value is -2.14. The van der Waals surface area contributed by atoms with Gasteiger partial charge in [0.15, 0.2) is 0 Å². The van der Waals surface area contributed by atoms with Crippen molar-refractivity contribution in [2.45, 2.75) is 50.7 Å². The highest BCUT2D eigenvalue weighted by Gasteiger charge is 2.41. The van der Waals surface area contributed by atoms with Crippen LogP contribution in [-0.2, 0) is 13.0 Å². The van der Waals surface area contributed by atoms with Crippen LogP contribution >= 0.6 is 0 Å². The second-order valence-corrected chi connectivity index (χ2v) is 8.64. The van der Waals surface area contributed by atoms with E-state index in [0.29, 0.717) is 17.8 Å². The summed E-state index contributed by atoms with van der Waals surface area (Å²) in [7, 11) is 3.64. The van der Waals surface area contributed by atoms with Gasteiger partial charge >= 0.3 is 0 Å². The van der Waals surface area contributed by atoms with Crippen molar-refractivity contribution in [2.24, 2.45) is 5.92 Å². The van der Waals surface area contributed by atoms with Gasteiger partial charge in [-0.2, -0.15) is 0 Å². The van der Waals surface area contributed by atoms with Crippen molar-refractivity contribution in [1.82, 2.24) is 19.4 Å². The van der Waals surface area contributed by atoms with E-state index in [1.165, 1.54) is 32.2 Å². The molecule has 0 radical (unpaired) electrons. The van der Waals surface area contributed by atoms with E-state index in [2.05, 4.69) is 21.6 Å². The number of carbonyl (C=O) groups excluding carboxylic acids is 1. The van der Waals surface area contributed by atoms with Gasteiger partial charge in [-0.15, -0.1) is 0 Å². The number of rotatable bonds is 4. The summed E-state index contributed by atoms with van der Waals surface area (Å²) in [5.74, 6) is 1.88. The molecule has 2 bridgehead atoms. The average molecular weight is 364 g/mol. The van der Waals surface area contributed by atoms with Crippen LogP contribution in [0.4, 0.5) is 0 Å². The Morgan fingerprint density at radius 1 is 1.11 bits per heavy atom. The van der Waals surface area contributed by atoms with Gasteiger partial charge in [-0.05, 0) is 31.6 Å². The molecule has 1 saturated heterocycles. The van der Waals surface area contributed by atoms with E-state index in [-0.39, 0.29) is 5.91 Å². The molecular weight excluding hydrogens is 336 g/mol. The molecule has 1 saturated carbocycles. The minimum atomic E-state index is 0.0208. The molecule has 5 rings (SSSR count). The Morgan fingerprint density at radius 3 is 2.56 bits per heavy atom. The van der Waals surface area contributed by atoms with E-state index in [1.807, 2.05) is 32.3 Å². The van der Waals surface area contributed by atoms with Crippen LogP contribution < -0.4 is 0 Å². The Kier molecular flexibility index (Phi) is 4.08. The van der Waals surface area contributed by atoms with Crippen LogP contribution in [-0.4, -0.2) is 58.0 Å². The molecule has 2 fully saturated rings. The molecule has 3 aliphatic rings. The van der Waals surface area contributed by atoms with E-state index in [4.69, 9.17) is 4.98 Å². The van der Waals surface area contributed by atoms with Gasteiger partial charge < -0.3 is 9.47 Å². The molecule has 1 aliphatic carbocycles. The summed E-state index contributed by atoms with van der Waals surface area (Å²) in [5, 5.41) is 0. The normalized spacial score (nSPS) is 24.5. The van der Waals surface area contributed by atoms with Crippen LogP contribution in [0.1, 0.15) is 41.9 Å². The van der Waals surface area contributed by atoms with Crippen molar-refractivity contribution in [3.8, 4) is 11.4 Å². The topological polar surface area (TPSA) is 41.4 Å². The Labute approximate surface area is 161 Å². The van der Waals surface area contributed by atoms with Crippen molar-refractivity contribution >= 4 is 5.91 Å². The fourth-order valence-corrected chi connectivity index (χ4v) is 4.84. The van der Waals surface area contributed by atoms with Crippen LogP contribution in [0.25, 0.3) is 11.4 Å². The molecule has 0 N–H and O–H groups in total. The number of hydrogen-bond acceptors (Lipinski definition) is 3. The predicted molar refractivity (Wildman–Crippen MR) is 106 cm³/mol. The van der Waals surface area contributed by atoms with Crippen molar-refractivity contribution in [2.75, 3.05) is 20.6 Å². The number of amides is 1. The molecule has 5 heteroatoms. The summed E-state index contributed by atoms with van der Waals surface area (Å²) in [4.78, 5) is 22.2. The molecule has 0 spiro atoms. The SMILES string of the molecule is CN(C)C(=O)c1nc(-c2ccccc2)n2c1C[C@@H]1CC[C@H](C2)N1CC1CC1. The third-order valence-electron chi connectivity index (χ3n) is 6.47. The van der Waals surface area contributed by atoms with Crippen molar-refractivity contribution in [3.05, 3.63) is 41.7 Å². The lowest BCUT2D eigenvalue weighted by Crippen LogP contribution is -2.38. The van der Waals surface area contributed by atoms with Crippen LogP contribution in [0.2, 0.25) is 0 Å². The van der Waals surface area contributed by atoms with Gasteiger partial charge in [0.25, 0.3) is 5.91 Å². The van der Waals surface area contributed by atoms with Crippen LogP contribution in [0.3, 0.4) is 0 Å². The van der Waals surface area contributed by atoms with E-state index >= 15 is 0 Å². The molecule has 1 amide bonds. The van der Waals surface area contributed by atoms with Gasteiger partial charge in [0.2, 0.25) is 0 Å². The molecule has 2 atom stereocenters. The van der Waals surface area contributed by atoms with Gasteiger partial charge in [0.05, 0.1) is 5.69 Å². The molecule has 3 heterocycles. The lowest BCUT2D eigenvalue weighted by atomic mass is 10.0. The Morgan fingerprint density at radius 2 is 1.85 bits per heavy atom. The molecule has 2 aliphatic heterocycles. The standard InChI is InChI=1S/C22H28N4O/c1-24(2)22(27)20-19-12-17-10-11-18(25(17)13-15-8-9-15)14-26(19)21(23-20)16-6-4-3-5-7-16/h3-7,15,17-18H,8-14H2,1-2H3/t17-,18+/m0/s1. The summed E-state index contributed by atoms with van der Waals surface area (Å²) in [6, 6.07) is 11.5. The number of benzene rings is 1. The van der Waals surface area contributed by atoms with E-state index in [1.54, 1.807) is 4.90 Å². The third-order valence-corrected chi connectivity index (χ3v) is 6.47. The summed E-state index contributed by atoms with van der Waals surface area (Å²) in [5.41, 5.74) is 2.89. The first kappa shape index (κ1) is 17.0. The number of imidazole rings is 1. The Balaban J connectivity index is 1.59. The lowest BCUT2D eigenvalue weighted by Gasteiger charge is -2.27. The molecule has 27 heavy (non-hydrogen) atoms. The molecule has 1 aromatic heterocycles. The van der Waals surface area contributed by atoms with Crippen LogP contribution in [0.5, 0.6) is 0 Å². The van der Waals surface area contributed by atoms with Gasteiger partial charge in [-0.1, -0.05) is 30.3 Å². The van der Waals surface area contributed by atoms with E-state index in [0.717, 1.165) is 36.0 Å². The smallest absolute Gasteiger partial charge is 0.273 e. The number of carbonyl (C=O) groups is 1. The molecule has 0 unspecified atom stereocenters. The number of nitrogens with zero attached hydrogens (tertiary/aromatic N) is 4.